The molecule has 1 aromatic carbocycles. The van der Waals surface area contributed by atoms with Crippen molar-refractivity contribution < 1.29 is 9.59 Å². The van der Waals surface area contributed by atoms with E-state index in [1.807, 2.05) is 9.80 Å². The average Bonchev–Trinajstić information content (AvgIpc) is 3.53. The summed E-state index contributed by atoms with van der Waals surface area (Å²) in [5.41, 5.74) is 3.84. The molecule has 0 bridgehead atoms. The molecule has 1 aromatic rings. The standard InChI is InChI=1S/C22H32N4O2/c1-16-5-6-17(2)20(14-16)24-10-12-25(13-11-24)21(27)18-4-3-9-26(15-18)22(28)23-19-7-8-19/h5-6,14,18-19H,3-4,7-13,15H2,1-2H3,(H,23,28). The third-order valence-corrected chi connectivity index (χ3v) is 6.26. The Morgan fingerprint density at radius 3 is 2.43 bits per heavy atom. The molecule has 6 nitrogen and oxygen atoms in total. The average molecular weight is 385 g/mol. The number of urea groups is 1. The summed E-state index contributed by atoms with van der Waals surface area (Å²) in [6, 6.07) is 6.93. The van der Waals surface area contributed by atoms with Crippen molar-refractivity contribution in [2.45, 2.75) is 45.6 Å². The van der Waals surface area contributed by atoms with Crippen molar-refractivity contribution in [2.75, 3.05) is 44.2 Å². The summed E-state index contributed by atoms with van der Waals surface area (Å²) in [6.07, 6.45) is 3.99. The van der Waals surface area contributed by atoms with E-state index in [1.54, 1.807) is 0 Å². The minimum Gasteiger partial charge on any atom is -0.368 e. The number of nitrogens with zero attached hydrogens (tertiary/aromatic N) is 3. The van der Waals surface area contributed by atoms with Crippen LogP contribution in [0.4, 0.5) is 10.5 Å². The van der Waals surface area contributed by atoms with Crippen LogP contribution < -0.4 is 10.2 Å². The van der Waals surface area contributed by atoms with Gasteiger partial charge in [-0.15, -0.1) is 0 Å². The number of nitrogens with one attached hydrogen (secondary N) is 1. The van der Waals surface area contributed by atoms with Gasteiger partial charge in [-0.3, -0.25) is 4.79 Å². The second-order valence-corrected chi connectivity index (χ2v) is 8.61. The maximum Gasteiger partial charge on any atom is 0.317 e. The number of aryl methyl sites for hydroxylation is 2. The molecule has 1 atom stereocenters. The summed E-state index contributed by atoms with van der Waals surface area (Å²) in [5.74, 6) is 0.176. The van der Waals surface area contributed by atoms with Crippen molar-refractivity contribution in [3.8, 4) is 0 Å². The largest absolute Gasteiger partial charge is 0.368 e. The molecule has 2 aliphatic heterocycles. The first kappa shape index (κ1) is 19.1. The van der Waals surface area contributed by atoms with Crippen LogP contribution in [0.25, 0.3) is 0 Å². The normalized spacial score (nSPS) is 22.9. The van der Waals surface area contributed by atoms with E-state index in [0.29, 0.717) is 12.6 Å². The van der Waals surface area contributed by atoms with Crippen LogP contribution in [0.5, 0.6) is 0 Å². The van der Waals surface area contributed by atoms with Gasteiger partial charge in [-0.2, -0.15) is 0 Å². The van der Waals surface area contributed by atoms with Crippen molar-refractivity contribution >= 4 is 17.6 Å². The lowest BCUT2D eigenvalue weighted by Gasteiger charge is -2.40. The van der Waals surface area contributed by atoms with Gasteiger partial charge in [-0.1, -0.05) is 12.1 Å². The molecule has 3 fully saturated rings. The summed E-state index contributed by atoms with van der Waals surface area (Å²) in [5, 5.41) is 3.05. The first-order valence-corrected chi connectivity index (χ1v) is 10.7. The molecule has 152 valence electrons. The lowest BCUT2D eigenvalue weighted by molar-refractivity contribution is -0.137. The second-order valence-electron chi connectivity index (χ2n) is 8.61. The Labute approximate surface area is 167 Å². The fourth-order valence-corrected chi connectivity index (χ4v) is 4.34. The highest BCUT2D eigenvalue weighted by Crippen LogP contribution is 2.25. The van der Waals surface area contributed by atoms with Gasteiger partial charge < -0.3 is 20.0 Å². The zero-order chi connectivity index (χ0) is 19.7. The zero-order valence-electron chi connectivity index (χ0n) is 17.1. The van der Waals surface area contributed by atoms with Gasteiger partial charge >= 0.3 is 6.03 Å². The van der Waals surface area contributed by atoms with E-state index >= 15 is 0 Å². The van der Waals surface area contributed by atoms with Crippen LogP contribution in [0.15, 0.2) is 18.2 Å². The number of piperazine rings is 1. The fraction of sp³-hybridized carbons (Fsp3) is 0.636. The van der Waals surface area contributed by atoms with E-state index in [0.717, 1.165) is 58.4 Å². The first-order valence-electron chi connectivity index (χ1n) is 10.7. The molecule has 3 aliphatic rings. The zero-order valence-corrected chi connectivity index (χ0v) is 17.1. The van der Waals surface area contributed by atoms with E-state index in [-0.39, 0.29) is 17.9 Å². The van der Waals surface area contributed by atoms with Crippen molar-refractivity contribution in [2.24, 2.45) is 5.92 Å². The molecular weight excluding hydrogens is 352 g/mol. The van der Waals surface area contributed by atoms with Crippen LogP contribution in [0.3, 0.4) is 0 Å². The third-order valence-electron chi connectivity index (χ3n) is 6.26. The molecule has 1 aliphatic carbocycles. The molecule has 1 saturated carbocycles. The predicted molar refractivity (Wildman–Crippen MR) is 111 cm³/mol. The summed E-state index contributed by atoms with van der Waals surface area (Å²) >= 11 is 0. The van der Waals surface area contributed by atoms with Crippen LogP contribution in [-0.2, 0) is 4.79 Å². The summed E-state index contributed by atoms with van der Waals surface area (Å²) in [6.45, 7) is 8.86. The number of likely N-dealkylation sites (tertiary alicyclic amines) is 1. The molecule has 0 radical (unpaired) electrons. The van der Waals surface area contributed by atoms with Crippen molar-refractivity contribution in [3.05, 3.63) is 29.3 Å². The van der Waals surface area contributed by atoms with E-state index in [1.165, 1.54) is 16.8 Å². The maximum absolute atomic E-state index is 13.1. The van der Waals surface area contributed by atoms with Crippen LogP contribution in [-0.4, -0.2) is 67.0 Å². The molecule has 28 heavy (non-hydrogen) atoms. The number of piperidine rings is 1. The molecule has 2 heterocycles. The first-order chi connectivity index (χ1) is 13.5. The van der Waals surface area contributed by atoms with Gasteiger partial charge in [0, 0.05) is 51.0 Å². The number of hydrogen-bond acceptors (Lipinski definition) is 3. The highest BCUT2D eigenvalue weighted by Gasteiger charge is 2.34. The Morgan fingerprint density at radius 1 is 0.964 bits per heavy atom. The molecule has 0 aromatic heterocycles. The number of benzene rings is 1. The Balaban J connectivity index is 1.32. The molecule has 3 amide bonds. The second kappa shape index (κ2) is 8.02. The van der Waals surface area contributed by atoms with E-state index in [9.17, 15) is 9.59 Å². The van der Waals surface area contributed by atoms with Gasteiger partial charge in [0.05, 0.1) is 5.92 Å². The highest BCUT2D eigenvalue weighted by atomic mass is 16.2. The predicted octanol–water partition coefficient (Wildman–Crippen LogP) is 2.54. The highest BCUT2D eigenvalue weighted by molar-refractivity contribution is 5.81. The monoisotopic (exact) mass is 384 g/mol. The minimum atomic E-state index is -0.0500. The number of carbonyl (C=O) groups excluding carboxylic acids is 2. The minimum absolute atomic E-state index is 0.0136. The Hall–Kier alpha value is -2.24. The van der Waals surface area contributed by atoms with Gasteiger partial charge in [-0.05, 0) is 56.7 Å². The number of carbonyl (C=O) groups is 2. The number of hydrogen-bond donors (Lipinski definition) is 1. The lowest BCUT2D eigenvalue weighted by atomic mass is 9.96. The smallest absolute Gasteiger partial charge is 0.317 e. The third kappa shape index (κ3) is 4.26. The SMILES string of the molecule is Cc1ccc(C)c(N2CCN(C(=O)C3CCCN(C(=O)NC4CC4)C3)CC2)c1. The molecule has 6 heteroatoms. The van der Waals surface area contributed by atoms with Gasteiger partial charge in [0.15, 0.2) is 0 Å². The van der Waals surface area contributed by atoms with E-state index in [4.69, 9.17) is 0 Å². The molecule has 1 unspecified atom stereocenters. The Bertz CT molecular complexity index is 738. The molecule has 1 N–H and O–H groups in total. The van der Waals surface area contributed by atoms with E-state index in [2.05, 4.69) is 42.3 Å². The van der Waals surface area contributed by atoms with E-state index < -0.39 is 0 Å². The van der Waals surface area contributed by atoms with Crippen LogP contribution in [0, 0.1) is 19.8 Å². The van der Waals surface area contributed by atoms with Gasteiger partial charge in [0.2, 0.25) is 5.91 Å². The van der Waals surface area contributed by atoms with Crippen molar-refractivity contribution in [3.63, 3.8) is 0 Å². The Morgan fingerprint density at radius 2 is 1.71 bits per heavy atom. The molecule has 4 rings (SSSR count). The number of anilines is 1. The van der Waals surface area contributed by atoms with Crippen molar-refractivity contribution in [1.29, 1.82) is 0 Å². The van der Waals surface area contributed by atoms with Crippen molar-refractivity contribution in [1.82, 2.24) is 15.1 Å². The lowest BCUT2D eigenvalue weighted by Crippen LogP contribution is -2.54. The summed E-state index contributed by atoms with van der Waals surface area (Å²) in [4.78, 5) is 31.6. The Kier molecular flexibility index (Phi) is 5.47. The molecular formula is C22H32N4O2. The van der Waals surface area contributed by atoms with Crippen LogP contribution >= 0.6 is 0 Å². The quantitative estimate of drug-likeness (QED) is 0.871. The van der Waals surface area contributed by atoms with Crippen LogP contribution in [0.2, 0.25) is 0 Å². The van der Waals surface area contributed by atoms with Crippen LogP contribution in [0.1, 0.15) is 36.8 Å². The summed E-state index contributed by atoms with van der Waals surface area (Å²) in [7, 11) is 0. The van der Waals surface area contributed by atoms with Gasteiger partial charge in [0.1, 0.15) is 0 Å². The number of rotatable bonds is 3. The van der Waals surface area contributed by atoms with Gasteiger partial charge in [-0.25, -0.2) is 4.79 Å². The fourth-order valence-electron chi connectivity index (χ4n) is 4.34. The topological polar surface area (TPSA) is 55.9 Å². The molecule has 0 spiro atoms. The van der Waals surface area contributed by atoms with Gasteiger partial charge in [0.25, 0.3) is 0 Å². The molecule has 2 saturated heterocycles. The number of amides is 3. The summed E-state index contributed by atoms with van der Waals surface area (Å²) < 4.78 is 0. The maximum atomic E-state index is 13.1.